The fourth-order valence-corrected chi connectivity index (χ4v) is 9.57. The minimum absolute atomic E-state index is 0.241. The van der Waals surface area contributed by atoms with Crippen molar-refractivity contribution in [1.29, 1.82) is 0 Å². The van der Waals surface area contributed by atoms with E-state index in [1.807, 2.05) is 50.3 Å². The first kappa shape index (κ1) is 50.5. The molecule has 0 saturated carbocycles. The third-order valence-electron chi connectivity index (χ3n) is 9.15. The van der Waals surface area contributed by atoms with Crippen molar-refractivity contribution < 1.29 is 18.9 Å². The molecule has 0 bridgehead atoms. The second kappa shape index (κ2) is 23.9. The van der Waals surface area contributed by atoms with E-state index < -0.39 is 5.41 Å². The second-order valence-electron chi connectivity index (χ2n) is 14.0. The zero-order valence-corrected chi connectivity index (χ0v) is 42.4. The average molecular weight is 1130 g/mol. The Bertz CT molecular complexity index is 1700. The van der Waals surface area contributed by atoms with E-state index in [4.69, 9.17) is 65.4 Å². The van der Waals surface area contributed by atoms with Crippen LogP contribution in [-0.2, 0) is 10.8 Å². The highest BCUT2D eigenvalue weighted by Crippen LogP contribution is 2.46. The van der Waals surface area contributed by atoms with E-state index in [0.29, 0.717) is 70.9 Å². The summed E-state index contributed by atoms with van der Waals surface area (Å²) in [7, 11) is 0. The fraction of sp³-hybridized carbons (Fsp3) is 0.304. The molecule has 58 heavy (non-hydrogen) atoms. The Hall–Kier alpha value is -1.88. The normalized spacial score (nSPS) is 11.2. The number of hydrogen-bond donors (Lipinski definition) is 0. The third kappa shape index (κ3) is 13.6. The van der Waals surface area contributed by atoms with Gasteiger partial charge >= 0.3 is 0 Å². The largest absolute Gasteiger partial charge is 0.491 e. The summed E-state index contributed by atoms with van der Waals surface area (Å²) in [6.07, 6.45) is 10.3. The van der Waals surface area contributed by atoms with Gasteiger partial charge in [-0.25, -0.2) is 0 Å². The summed E-state index contributed by atoms with van der Waals surface area (Å²) in [5.74, 6) is 2.55. The molecular formula is C46H48Br4Cl4O4. The van der Waals surface area contributed by atoms with Gasteiger partial charge in [-0.05, 0) is 160 Å². The summed E-state index contributed by atoms with van der Waals surface area (Å²) in [6, 6.07) is 15.9. The van der Waals surface area contributed by atoms with E-state index in [1.165, 1.54) is 0 Å². The van der Waals surface area contributed by atoms with Crippen LogP contribution in [0.3, 0.4) is 0 Å². The SMILES string of the molecule is C=CCCOc1c(Br)cc(C(C)(C)c2cc(Br)c(OCCC=C)c(Br)c2)cc1Br.C=CCCOc1c(Cl)cc(C(C)(C)c2cc(Cl)c(OCCC=C)c(Cl)c2)cc1Cl. The van der Waals surface area contributed by atoms with Gasteiger partial charge in [0, 0.05) is 10.8 Å². The van der Waals surface area contributed by atoms with E-state index in [1.54, 1.807) is 12.2 Å². The molecule has 312 valence electrons. The van der Waals surface area contributed by atoms with E-state index in [-0.39, 0.29) is 5.41 Å². The average Bonchev–Trinajstić information content (AvgIpc) is 3.16. The molecule has 0 unspecified atom stereocenters. The zero-order chi connectivity index (χ0) is 43.2. The molecule has 4 nitrogen and oxygen atoms in total. The van der Waals surface area contributed by atoms with E-state index >= 15 is 0 Å². The van der Waals surface area contributed by atoms with Crippen LogP contribution < -0.4 is 18.9 Å². The van der Waals surface area contributed by atoms with Crippen molar-refractivity contribution in [2.75, 3.05) is 26.4 Å². The highest BCUT2D eigenvalue weighted by Gasteiger charge is 2.29. The van der Waals surface area contributed by atoms with Crippen LogP contribution in [0, 0.1) is 0 Å². The lowest BCUT2D eigenvalue weighted by Gasteiger charge is -2.28. The first-order valence-corrected chi connectivity index (χ1v) is 23.1. The predicted molar refractivity (Wildman–Crippen MR) is 262 cm³/mol. The quantitative estimate of drug-likeness (QED) is 0.0653. The van der Waals surface area contributed by atoms with Crippen LogP contribution in [0.25, 0.3) is 0 Å². The monoisotopic (exact) mass is 1120 g/mol. The molecule has 0 aromatic heterocycles. The Morgan fingerprint density at radius 2 is 0.621 bits per heavy atom. The van der Waals surface area contributed by atoms with Crippen LogP contribution in [0.5, 0.6) is 23.0 Å². The molecule has 4 aromatic carbocycles. The van der Waals surface area contributed by atoms with Crippen LogP contribution in [0.2, 0.25) is 20.1 Å². The Balaban J connectivity index is 0.000000310. The minimum Gasteiger partial charge on any atom is -0.491 e. The highest BCUT2D eigenvalue weighted by atomic mass is 79.9. The lowest BCUT2D eigenvalue weighted by atomic mass is 9.78. The molecule has 0 N–H and O–H groups in total. The number of rotatable bonds is 20. The Morgan fingerprint density at radius 1 is 0.414 bits per heavy atom. The number of hydrogen-bond acceptors (Lipinski definition) is 4. The summed E-state index contributed by atoms with van der Waals surface area (Å²) >= 11 is 40.5. The molecule has 0 atom stereocenters. The summed E-state index contributed by atoms with van der Waals surface area (Å²) in [5, 5.41) is 1.80. The van der Waals surface area contributed by atoms with Gasteiger partial charge in [-0.3, -0.25) is 0 Å². The number of benzene rings is 4. The molecule has 12 heteroatoms. The zero-order valence-electron chi connectivity index (χ0n) is 33.1. The summed E-state index contributed by atoms with van der Waals surface area (Å²) in [4.78, 5) is 0. The van der Waals surface area contributed by atoms with Gasteiger partial charge in [0.2, 0.25) is 0 Å². The maximum Gasteiger partial charge on any atom is 0.156 e. The molecular weight excluding hydrogens is 1080 g/mol. The van der Waals surface area contributed by atoms with Gasteiger partial charge in [0.15, 0.2) is 11.5 Å². The van der Waals surface area contributed by atoms with Gasteiger partial charge in [-0.15, -0.1) is 26.3 Å². The van der Waals surface area contributed by atoms with Gasteiger partial charge in [-0.1, -0.05) is 98.4 Å². The molecule has 4 rings (SSSR count). The molecule has 0 spiro atoms. The van der Waals surface area contributed by atoms with Crippen molar-refractivity contribution in [3.05, 3.63) is 159 Å². The van der Waals surface area contributed by atoms with Crippen molar-refractivity contribution in [2.45, 2.75) is 64.2 Å². The second-order valence-corrected chi connectivity index (χ2v) is 19.1. The summed E-state index contributed by atoms with van der Waals surface area (Å²) in [5.41, 5.74) is 3.44. The molecule has 0 aliphatic carbocycles. The van der Waals surface area contributed by atoms with Crippen molar-refractivity contribution >= 4 is 110 Å². The minimum atomic E-state index is -0.458. The molecule has 0 saturated heterocycles. The molecule has 0 fully saturated rings. The van der Waals surface area contributed by atoms with Crippen molar-refractivity contribution in [1.82, 2.24) is 0 Å². The van der Waals surface area contributed by atoms with E-state index in [0.717, 1.165) is 64.5 Å². The first-order valence-electron chi connectivity index (χ1n) is 18.4. The summed E-state index contributed by atoms with van der Waals surface area (Å²) in [6.45, 7) is 25.4. The van der Waals surface area contributed by atoms with Gasteiger partial charge in [-0.2, -0.15) is 0 Å². The molecule has 0 aliphatic heterocycles. The number of halogens is 8. The molecule has 0 heterocycles. The van der Waals surface area contributed by atoms with Crippen LogP contribution in [0.15, 0.2) is 117 Å². The summed E-state index contributed by atoms with van der Waals surface area (Å²) < 4.78 is 26.8. The predicted octanol–water partition coefficient (Wildman–Crippen LogP) is 17.5. The molecule has 0 aliphatic rings. The van der Waals surface area contributed by atoms with E-state index in [9.17, 15) is 0 Å². The van der Waals surface area contributed by atoms with Gasteiger partial charge in [0.25, 0.3) is 0 Å². The molecule has 0 radical (unpaired) electrons. The van der Waals surface area contributed by atoms with E-state index in [2.05, 4.69) is 128 Å². The van der Waals surface area contributed by atoms with Crippen molar-refractivity contribution in [2.24, 2.45) is 0 Å². The number of ether oxygens (including phenoxy) is 4. The van der Waals surface area contributed by atoms with Crippen molar-refractivity contribution in [3.8, 4) is 23.0 Å². The molecule has 4 aromatic rings. The third-order valence-corrected chi connectivity index (χ3v) is 12.6. The Morgan fingerprint density at radius 3 is 0.845 bits per heavy atom. The Labute approximate surface area is 398 Å². The Kier molecular flexibility index (Phi) is 20.8. The van der Waals surface area contributed by atoms with Gasteiger partial charge in [0.05, 0.1) is 64.4 Å². The fourth-order valence-electron chi connectivity index (χ4n) is 5.55. The van der Waals surface area contributed by atoms with Gasteiger partial charge in [0.1, 0.15) is 11.5 Å². The van der Waals surface area contributed by atoms with Gasteiger partial charge < -0.3 is 18.9 Å². The maximum absolute atomic E-state index is 6.45. The highest BCUT2D eigenvalue weighted by molar-refractivity contribution is 9.11. The van der Waals surface area contributed by atoms with Crippen LogP contribution in [0.4, 0.5) is 0 Å². The first-order chi connectivity index (χ1) is 27.4. The molecule has 0 amide bonds. The van der Waals surface area contributed by atoms with Crippen LogP contribution >= 0.6 is 110 Å². The lowest BCUT2D eigenvalue weighted by molar-refractivity contribution is 0.320. The standard InChI is InChI=1S/C23H24Br4O2.C23H24Cl4O2/c2*1-5-7-9-28-21-17(24)11-15(12-18(21)25)23(3,4)16-13-19(26)22(20(27)14-16)29-10-8-6-2/h2*5-6,11-14H,1-2,7-10H2,3-4H3. The van der Waals surface area contributed by atoms with Crippen LogP contribution in [0.1, 0.15) is 75.6 Å². The topological polar surface area (TPSA) is 36.9 Å². The lowest BCUT2D eigenvalue weighted by Crippen LogP contribution is -2.19. The van der Waals surface area contributed by atoms with Crippen molar-refractivity contribution in [3.63, 3.8) is 0 Å². The maximum atomic E-state index is 6.45. The van der Waals surface area contributed by atoms with Crippen LogP contribution in [-0.4, -0.2) is 26.4 Å². The smallest absolute Gasteiger partial charge is 0.156 e.